The van der Waals surface area contributed by atoms with Gasteiger partial charge in [0.15, 0.2) is 5.03 Å². The van der Waals surface area contributed by atoms with Crippen LogP contribution in [0.2, 0.25) is 5.02 Å². The average Bonchev–Trinajstić information content (AvgIpc) is 2.55. The highest BCUT2D eigenvalue weighted by atomic mass is 35.5. The van der Waals surface area contributed by atoms with Gasteiger partial charge in [-0.15, -0.1) is 0 Å². The van der Waals surface area contributed by atoms with Crippen molar-refractivity contribution in [1.29, 1.82) is 0 Å². The predicted octanol–water partition coefficient (Wildman–Crippen LogP) is 0.335. The fourth-order valence-electron chi connectivity index (χ4n) is 1.21. The highest BCUT2D eigenvalue weighted by molar-refractivity contribution is 7.89. The molecule has 1 heterocycles. The number of nitrogens with zero attached hydrogens (tertiary/aromatic N) is 2. The Balaban J connectivity index is 2.84. The topological polar surface area (TPSA) is 90.0 Å². The highest BCUT2D eigenvalue weighted by Crippen LogP contribution is 2.19. The van der Waals surface area contributed by atoms with Crippen LogP contribution >= 0.6 is 11.6 Å². The van der Waals surface area contributed by atoms with E-state index in [9.17, 15) is 8.42 Å². The molecular weight excluding hydrogens is 264 g/mol. The summed E-state index contributed by atoms with van der Waals surface area (Å²) in [6.07, 6.45) is 1.29. The van der Waals surface area contributed by atoms with Crippen molar-refractivity contribution in [2.75, 3.05) is 6.54 Å². The molecule has 0 saturated carbocycles. The number of nitrogens with one attached hydrogen (secondary N) is 1. The third-order valence-electron chi connectivity index (χ3n) is 2.46. The SMILES string of the molecule is CC(C)C(N)CNS(=O)(=O)c1c(Cl)cnn1C. The first-order chi connectivity index (χ1) is 7.75. The summed E-state index contributed by atoms with van der Waals surface area (Å²) in [7, 11) is -2.15. The van der Waals surface area contributed by atoms with Crippen LogP contribution in [0.3, 0.4) is 0 Å². The molecule has 1 atom stereocenters. The van der Waals surface area contributed by atoms with Crippen molar-refractivity contribution in [3.05, 3.63) is 11.2 Å². The number of sulfonamides is 1. The van der Waals surface area contributed by atoms with Gasteiger partial charge in [-0.1, -0.05) is 25.4 Å². The third kappa shape index (κ3) is 3.41. The Hall–Kier alpha value is -0.630. The number of hydrogen-bond donors (Lipinski definition) is 2. The summed E-state index contributed by atoms with van der Waals surface area (Å²) in [6.45, 7) is 4.02. The molecule has 8 heteroatoms. The van der Waals surface area contributed by atoms with Crippen LogP contribution in [-0.4, -0.2) is 30.8 Å². The summed E-state index contributed by atoms with van der Waals surface area (Å²) in [6, 6.07) is -0.239. The van der Waals surface area contributed by atoms with E-state index in [-0.39, 0.29) is 28.6 Å². The standard InChI is InChI=1S/C9H17ClN4O2S/c1-6(2)8(11)5-13-17(15,16)9-7(10)4-12-14(9)3/h4,6,8,13H,5,11H2,1-3H3. The molecular formula is C9H17ClN4O2S. The van der Waals surface area contributed by atoms with Crippen LogP contribution in [-0.2, 0) is 17.1 Å². The molecule has 0 radical (unpaired) electrons. The van der Waals surface area contributed by atoms with Crippen molar-refractivity contribution in [1.82, 2.24) is 14.5 Å². The zero-order chi connectivity index (χ0) is 13.2. The van der Waals surface area contributed by atoms with Gasteiger partial charge in [-0.05, 0) is 5.92 Å². The molecule has 0 aliphatic carbocycles. The van der Waals surface area contributed by atoms with Gasteiger partial charge in [0, 0.05) is 19.6 Å². The van der Waals surface area contributed by atoms with Gasteiger partial charge in [0.05, 0.1) is 11.2 Å². The molecule has 0 aliphatic heterocycles. The van der Waals surface area contributed by atoms with Crippen molar-refractivity contribution in [2.24, 2.45) is 18.7 Å². The Bertz CT molecular complexity index is 464. The molecule has 3 N–H and O–H groups in total. The number of rotatable bonds is 5. The molecule has 1 unspecified atom stereocenters. The molecule has 98 valence electrons. The Morgan fingerprint density at radius 1 is 1.59 bits per heavy atom. The first kappa shape index (κ1) is 14.4. The first-order valence-electron chi connectivity index (χ1n) is 5.18. The summed E-state index contributed by atoms with van der Waals surface area (Å²) < 4.78 is 27.5. The van der Waals surface area contributed by atoms with Crippen molar-refractivity contribution in [2.45, 2.75) is 24.9 Å². The summed E-state index contributed by atoms with van der Waals surface area (Å²) in [4.78, 5) is 0. The fourth-order valence-corrected chi connectivity index (χ4v) is 2.94. The number of aryl methyl sites for hydroxylation is 1. The van der Waals surface area contributed by atoms with E-state index in [4.69, 9.17) is 17.3 Å². The maximum Gasteiger partial charge on any atom is 0.259 e. The van der Waals surface area contributed by atoms with Gasteiger partial charge in [-0.25, -0.2) is 13.1 Å². The summed E-state index contributed by atoms with van der Waals surface area (Å²) in [5, 5.41) is 3.83. The molecule has 6 nitrogen and oxygen atoms in total. The van der Waals surface area contributed by atoms with E-state index in [1.807, 2.05) is 13.8 Å². The van der Waals surface area contributed by atoms with Gasteiger partial charge in [0.2, 0.25) is 0 Å². The number of halogens is 1. The maximum absolute atomic E-state index is 12.0. The maximum atomic E-state index is 12.0. The van der Waals surface area contributed by atoms with Crippen molar-refractivity contribution in [3.8, 4) is 0 Å². The molecule has 0 fully saturated rings. The molecule has 0 spiro atoms. The van der Waals surface area contributed by atoms with Crippen LogP contribution in [0, 0.1) is 5.92 Å². The number of aromatic nitrogens is 2. The van der Waals surface area contributed by atoms with Crippen LogP contribution in [0.5, 0.6) is 0 Å². The average molecular weight is 281 g/mol. The van der Waals surface area contributed by atoms with Crippen LogP contribution < -0.4 is 10.5 Å². The molecule has 17 heavy (non-hydrogen) atoms. The predicted molar refractivity (Wildman–Crippen MR) is 66.2 cm³/mol. The largest absolute Gasteiger partial charge is 0.326 e. The van der Waals surface area contributed by atoms with E-state index in [0.29, 0.717) is 0 Å². The van der Waals surface area contributed by atoms with Gasteiger partial charge in [0.25, 0.3) is 10.0 Å². The molecule has 0 bridgehead atoms. The van der Waals surface area contributed by atoms with Gasteiger partial charge < -0.3 is 5.73 Å². The van der Waals surface area contributed by atoms with Crippen LogP contribution in [0.25, 0.3) is 0 Å². The lowest BCUT2D eigenvalue weighted by molar-refractivity contribution is 0.479. The lowest BCUT2D eigenvalue weighted by Crippen LogP contribution is -2.40. The Morgan fingerprint density at radius 2 is 2.18 bits per heavy atom. The molecule has 1 rings (SSSR count). The second-order valence-electron chi connectivity index (χ2n) is 4.18. The smallest absolute Gasteiger partial charge is 0.259 e. The molecule has 1 aromatic rings. The van der Waals surface area contributed by atoms with Crippen LogP contribution in [0.1, 0.15) is 13.8 Å². The van der Waals surface area contributed by atoms with Gasteiger partial charge >= 0.3 is 0 Å². The Kier molecular flexibility index (Phi) is 4.54. The zero-order valence-corrected chi connectivity index (χ0v) is 11.6. The Labute approximate surface area is 106 Å². The minimum Gasteiger partial charge on any atom is -0.326 e. The van der Waals surface area contributed by atoms with E-state index in [2.05, 4.69) is 9.82 Å². The zero-order valence-electron chi connectivity index (χ0n) is 10.0. The van der Waals surface area contributed by atoms with Gasteiger partial charge in [-0.3, -0.25) is 4.68 Å². The Morgan fingerprint density at radius 3 is 2.59 bits per heavy atom. The van der Waals surface area contributed by atoms with E-state index in [0.717, 1.165) is 0 Å². The molecule has 0 amide bonds. The van der Waals surface area contributed by atoms with Crippen molar-refractivity contribution < 1.29 is 8.42 Å². The number of hydrogen-bond acceptors (Lipinski definition) is 4. The number of nitrogens with two attached hydrogens (primary N) is 1. The molecule has 0 aromatic carbocycles. The van der Waals surface area contributed by atoms with Crippen molar-refractivity contribution in [3.63, 3.8) is 0 Å². The van der Waals surface area contributed by atoms with E-state index >= 15 is 0 Å². The molecule has 0 saturated heterocycles. The van der Waals surface area contributed by atoms with Crippen LogP contribution in [0.4, 0.5) is 0 Å². The second-order valence-corrected chi connectivity index (χ2v) is 6.27. The van der Waals surface area contributed by atoms with Crippen molar-refractivity contribution >= 4 is 21.6 Å². The van der Waals surface area contributed by atoms with E-state index in [1.54, 1.807) is 0 Å². The quantitative estimate of drug-likeness (QED) is 0.814. The minimum absolute atomic E-state index is 0.0462. The molecule has 0 aliphatic rings. The van der Waals surface area contributed by atoms with Gasteiger partial charge in [-0.2, -0.15) is 5.10 Å². The first-order valence-corrected chi connectivity index (χ1v) is 7.04. The lowest BCUT2D eigenvalue weighted by atomic mass is 10.1. The minimum atomic E-state index is -3.67. The lowest BCUT2D eigenvalue weighted by Gasteiger charge is -2.16. The van der Waals surface area contributed by atoms with E-state index in [1.165, 1.54) is 17.9 Å². The fraction of sp³-hybridized carbons (Fsp3) is 0.667. The van der Waals surface area contributed by atoms with Gasteiger partial charge in [0.1, 0.15) is 0 Å². The summed E-state index contributed by atoms with van der Waals surface area (Å²) in [5.74, 6) is 0.194. The monoisotopic (exact) mass is 280 g/mol. The highest BCUT2D eigenvalue weighted by Gasteiger charge is 2.23. The summed E-state index contributed by atoms with van der Waals surface area (Å²) >= 11 is 5.77. The van der Waals surface area contributed by atoms with E-state index < -0.39 is 10.0 Å². The summed E-state index contributed by atoms with van der Waals surface area (Å²) in [5.41, 5.74) is 5.77. The normalized spacial score (nSPS) is 14.2. The molecule has 1 aromatic heterocycles. The second kappa shape index (κ2) is 5.34. The third-order valence-corrected chi connectivity index (χ3v) is 4.39. The van der Waals surface area contributed by atoms with Crippen LogP contribution in [0.15, 0.2) is 11.2 Å².